The fourth-order valence-electron chi connectivity index (χ4n) is 4.07. The summed E-state index contributed by atoms with van der Waals surface area (Å²) in [6, 6.07) is 5.74. The van der Waals surface area contributed by atoms with Crippen molar-refractivity contribution in [3.63, 3.8) is 0 Å². The number of rotatable bonds is 5. The zero-order valence-electron chi connectivity index (χ0n) is 17.9. The van der Waals surface area contributed by atoms with Gasteiger partial charge in [0.2, 0.25) is 5.88 Å². The molecule has 0 radical (unpaired) electrons. The van der Waals surface area contributed by atoms with Crippen molar-refractivity contribution in [2.75, 3.05) is 19.8 Å². The van der Waals surface area contributed by atoms with Gasteiger partial charge in [0.1, 0.15) is 0 Å². The molecule has 5 heterocycles. The lowest BCUT2D eigenvalue weighted by Gasteiger charge is -2.07. The Morgan fingerprint density at radius 3 is 3.00 bits per heavy atom. The number of aryl methyl sites for hydroxylation is 1. The minimum atomic E-state index is -0.174. The van der Waals surface area contributed by atoms with E-state index < -0.39 is 0 Å². The van der Waals surface area contributed by atoms with Gasteiger partial charge in [0, 0.05) is 49.6 Å². The van der Waals surface area contributed by atoms with Gasteiger partial charge in [-0.25, -0.2) is 4.98 Å². The number of hydrogen-bond acceptors (Lipinski definition) is 6. The highest BCUT2D eigenvalue weighted by Gasteiger charge is 2.21. The summed E-state index contributed by atoms with van der Waals surface area (Å²) in [7, 11) is 0. The fourth-order valence-corrected chi connectivity index (χ4v) is 4.07. The molecule has 0 aromatic carbocycles. The van der Waals surface area contributed by atoms with E-state index in [4.69, 9.17) is 9.72 Å². The maximum Gasteiger partial charge on any atom is 0.252 e. The molecule has 1 aliphatic heterocycles. The summed E-state index contributed by atoms with van der Waals surface area (Å²) in [6.45, 7) is 5.72. The van der Waals surface area contributed by atoms with Crippen LogP contribution in [0, 0.1) is 6.92 Å². The summed E-state index contributed by atoms with van der Waals surface area (Å²) in [5.41, 5.74) is 3.40. The number of carbonyl (C=O) groups is 1. The first-order valence-electron chi connectivity index (χ1n) is 10.6. The number of ether oxygens (including phenoxy) is 1. The minimum absolute atomic E-state index is 0.0960. The molecular weight excluding hydrogens is 408 g/mol. The van der Waals surface area contributed by atoms with Gasteiger partial charge in [-0.05, 0) is 38.0 Å². The van der Waals surface area contributed by atoms with Crippen LogP contribution in [0.5, 0.6) is 5.88 Å². The topological polar surface area (TPSA) is 107 Å². The molecule has 2 N–H and O–H groups in total. The van der Waals surface area contributed by atoms with E-state index >= 15 is 0 Å². The molecule has 9 nitrogen and oxygen atoms in total. The van der Waals surface area contributed by atoms with Crippen molar-refractivity contribution in [2.24, 2.45) is 0 Å². The highest BCUT2D eigenvalue weighted by atomic mass is 16.5. The number of carbonyl (C=O) groups excluding carboxylic acids is 1. The molecule has 0 spiro atoms. The Bertz CT molecular complexity index is 1300. The van der Waals surface area contributed by atoms with Crippen molar-refractivity contribution < 1.29 is 14.6 Å². The Labute approximate surface area is 184 Å². The first-order valence-corrected chi connectivity index (χ1v) is 10.6. The zero-order valence-corrected chi connectivity index (χ0v) is 17.9. The fraction of sp³-hybridized carbons (Fsp3) is 0.304. The Morgan fingerprint density at radius 1 is 1.34 bits per heavy atom. The van der Waals surface area contributed by atoms with Crippen LogP contribution in [0.4, 0.5) is 0 Å². The Balaban J connectivity index is 1.54. The molecule has 164 valence electrons. The predicted molar refractivity (Wildman–Crippen MR) is 119 cm³/mol. The van der Waals surface area contributed by atoms with Gasteiger partial charge in [-0.15, -0.1) is 0 Å². The van der Waals surface area contributed by atoms with Crippen LogP contribution in [-0.4, -0.2) is 55.1 Å². The van der Waals surface area contributed by atoms with Crippen LogP contribution in [0.15, 0.2) is 43.0 Å². The number of fused-ring (bicyclic) bond motifs is 1. The normalized spacial score (nSPS) is 16.0. The minimum Gasteiger partial charge on any atom is -0.494 e. The van der Waals surface area contributed by atoms with E-state index in [0.29, 0.717) is 41.1 Å². The van der Waals surface area contributed by atoms with Crippen LogP contribution in [0.2, 0.25) is 0 Å². The Hall–Kier alpha value is -3.72. The van der Waals surface area contributed by atoms with E-state index in [1.54, 1.807) is 23.0 Å². The highest BCUT2D eigenvalue weighted by Crippen LogP contribution is 2.34. The van der Waals surface area contributed by atoms with Crippen LogP contribution < -0.4 is 5.32 Å². The smallest absolute Gasteiger partial charge is 0.252 e. The van der Waals surface area contributed by atoms with Gasteiger partial charge in [-0.3, -0.25) is 19.0 Å². The number of aromatic nitrogens is 5. The molecule has 32 heavy (non-hydrogen) atoms. The van der Waals surface area contributed by atoms with Gasteiger partial charge < -0.3 is 15.2 Å². The van der Waals surface area contributed by atoms with E-state index in [1.165, 1.54) is 6.20 Å². The lowest BCUT2D eigenvalue weighted by atomic mass is 10.1. The molecule has 0 bridgehead atoms. The summed E-state index contributed by atoms with van der Waals surface area (Å²) in [4.78, 5) is 21.1. The average molecular weight is 432 g/mol. The summed E-state index contributed by atoms with van der Waals surface area (Å²) in [5, 5.41) is 19.0. The average Bonchev–Trinajstić information content (AvgIpc) is 3.54. The van der Waals surface area contributed by atoms with Crippen molar-refractivity contribution in [1.82, 2.24) is 29.6 Å². The number of aromatic hydroxyl groups is 1. The molecule has 1 amide bonds. The molecule has 9 heteroatoms. The Morgan fingerprint density at radius 2 is 2.22 bits per heavy atom. The zero-order chi connectivity index (χ0) is 22.2. The maximum absolute atomic E-state index is 12.2. The molecular formula is C23H24N6O3. The molecule has 5 rings (SSSR count). The number of nitrogens with one attached hydrogen (secondary N) is 1. The van der Waals surface area contributed by atoms with Gasteiger partial charge in [-0.2, -0.15) is 5.10 Å². The number of hydrogen-bond donors (Lipinski definition) is 2. The van der Waals surface area contributed by atoms with Crippen molar-refractivity contribution in [3.05, 3.63) is 54.1 Å². The lowest BCUT2D eigenvalue weighted by molar-refractivity contribution is 0.0955. The summed E-state index contributed by atoms with van der Waals surface area (Å²) in [5.74, 6) is 0.540. The van der Waals surface area contributed by atoms with E-state index in [1.807, 2.05) is 36.9 Å². The van der Waals surface area contributed by atoms with Gasteiger partial charge >= 0.3 is 0 Å². The molecule has 4 aromatic rings. The van der Waals surface area contributed by atoms with Gasteiger partial charge in [0.25, 0.3) is 5.91 Å². The largest absolute Gasteiger partial charge is 0.494 e. The monoisotopic (exact) mass is 432 g/mol. The van der Waals surface area contributed by atoms with Crippen molar-refractivity contribution >= 4 is 16.8 Å². The molecule has 0 unspecified atom stereocenters. The molecule has 1 aliphatic rings. The second-order valence-electron chi connectivity index (χ2n) is 7.90. The maximum atomic E-state index is 12.2. The highest BCUT2D eigenvalue weighted by molar-refractivity contribution is 5.95. The van der Waals surface area contributed by atoms with E-state index in [0.717, 1.165) is 24.2 Å². The standard InChI is InChI=1S/C23H24N6O3/c1-3-25-22(30)16-9-15(10-24-11-16)18-8-14(2)21-19(26-18)12-28(23(21)31)20-4-6-29(27-20)17-5-7-32-13-17/h4,6,8-12,17,31H,3,5,7,13H2,1-2H3,(H,25,30)/t17-/m0/s1. The Kier molecular flexibility index (Phi) is 5.10. The summed E-state index contributed by atoms with van der Waals surface area (Å²) < 4.78 is 8.98. The molecule has 4 aromatic heterocycles. The molecule has 1 saturated heterocycles. The predicted octanol–water partition coefficient (Wildman–Crippen LogP) is 3.01. The summed E-state index contributed by atoms with van der Waals surface area (Å²) in [6.07, 6.45) is 7.82. The van der Waals surface area contributed by atoms with Crippen molar-refractivity contribution in [1.29, 1.82) is 0 Å². The van der Waals surface area contributed by atoms with Crippen LogP contribution in [0.1, 0.15) is 35.3 Å². The second-order valence-corrected chi connectivity index (χ2v) is 7.90. The first-order chi connectivity index (χ1) is 15.5. The van der Waals surface area contributed by atoms with E-state index in [-0.39, 0.29) is 17.8 Å². The van der Waals surface area contributed by atoms with E-state index in [2.05, 4.69) is 15.4 Å². The van der Waals surface area contributed by atoms with Gasteiger partial charge in [0.15, 0.2) is 5.82 Å². The second kappa shape index (κ2) is 8.08. The van der Waals surface area contributed by atoms with Crippen LogP contribution in [0.25, 0.3) is 28.0 Å². The van der Waals surface area contributed by atoms with E-state index in [9.17, 15) is 9.90 Å². The third-order valence-electron chi connectivity index (χ3n) is 5.70. The molecule has 1 fully saturated rings. The third kappa shape index (κ3) is 3.50. The quantitative estimate of drug-likeness (QED) is 0.502. The molecule has 0 aliphatic carbocycles. The van der Waals surface area contributed by atoms with Crippen molar-refractivity contribution in [2.45, 2.75) is 26.3 Å². The third-order valence-corrected chi connectivity index (χ3v) is 5.70. The number of nitrogens with zero attached hydrogens (tertiary/aromatic N) is 5. The van der Waals surface area contributed by atoms with Gasteiger partial charge in [-0.1, -0.05) is 0 Å². The SMILES string of the molecule is CCNC(=O)c1cncc(-c2cc(C)c3c(O)n(-c4ccn([C@H]5CCOC5)n4)cc3n2)c1. The van der Waals surface area contributed by atoms with Crippen LogP contribution in [0.3, 0.4) is 0 Å². The van der Waals surface area contributed by atoms with Gasteiger partial charge in [0.05, 0.1) is 34.8 Å². The van der Waals surface area contributed by atoms with Crippen LogP contribution in [-0.2, 0) is 4.74 Å². The number of amides is 1. The van der Waals surface area contributed by atoms with Crippen LogP contribution >= 0.6 is 0 Å². The summed E-state index contributed by atoms with van der Waals surface area (Å²) >= 11 is 0. The number of pyridine rings is 2. The lowest BCUT2D eigenvalue weighted by Crippen LogP contribution is -2.22. The van der Waals surface area contributed by atoms with Crippen molar-refractivity contribution in [3.8, 4) is 23.0 Å². The first kappa shape index (κ1) is 20.2. The molecule has 0 saturated carbocycles. The molecule has 1 atom stereocenters.